The summed E-state index contributed by atoms with van der Waals surface area (Å²) in [5.41, 5.74) is 5.28. The van der Waals surface area contributed by atoms with Crippen molar-refractivity contribution >= 4 is 28.5 Å². The lowest BCUT2D eigenvalue weighted by Gasteiger charge is -2.22. The van der Waals surface area contributed by atoms with Crippen LogP contribution in [0.1, 0.15) is 34.4 Å². The Morgan fingerprint density at radius 3 is 2.86 bits per heavy atom. The number of pyridine rings is 1. The van der Waals surface area contributed by atoms with Gasteiger partial charge in [0.1, 0.15) is 12.4 Å². The van der Waals surface area contributed by atoms with Crippen LogP contribution in [0.25, 0.3) is 16.6 Å². The summed E-state index contributed by atoms with van der Waals surface area (Å²) in [5, 5.41) is 10.2. The summed E-state index contributed by atoms with van der Waals surface area (Å²) < 4.78 is 19.6. The molecular weight excluding hydrogens is 375 g/mol. The first-order valence-electron chi connectivity index (χ1n) is 9.63. The summed E-state index contributed by atoms with van der Waals surface area (Å²) in [6, 6.07) is 1.44. The van der Waals surface area contributed by atoms with E-state index in [0.717, 1.165) is 41.3 Å². The van der Waals surface area contributed by atoms with Crippen LogP contribution < -0.4 is 0 Å². The van der Waals surface area contributed by atoms with Crippen LogP contribution in [0.4, 0.5) is 4.39 Å². The number of aliphatic hydroxyl groups excluding tert-OH is 1. The number of carbonyl (C=O) groups excluding carboxylic acids is 2. The van der Waals surface area contributed by atoms with Crippen molar-refractivity contribution < 1.29 is 23.8 Å². The molecule has 0 spiro atoms. The van der Waals surface area contributed by atoms with Crippen molar-refractivity contribution in [3.05, 3.63) is 57.6 Å². The molecule has 1 aliphatic carbocycles. The van der Waals surface area contributed by atoms with Gasteiger partial charge in [-0.2, -0.15) is 0 Å². The van der Waals surface area contributed by atoms with E-state index in [4.69, 9.17) is 4.74 Å². The second kappa shape index (κ2) is 6.49. The zero-order valence-electron chi connectivity index (χ0n) is 15.9. The fourth-order valence-corrected chi connectivity index (χ4v) is 4.60. The summed E-state index contributed by atoms with van der Waals surface area (Å²) >= 11 is 0. The van der Waals surface area contributed by atoms with Gasteiger partial charge in [-0.3, -0.25) is 4.79 Å². The van der Waals surface area contributed by atoms with Crippen molar-refractivity contribution in [2.45, 2.75) is 32.7 Å². The molecule has 1 N–H and O–H groups in total. The number of benzene rings is 1. The molecule has 1 amide bonds. The van der Waals surface area contributed by atoms with Gasteiger partial charge in [-0.05, 0) is 49.0 Å². The summed E-state index contributed by atoms with van der Waals surface area (Å²) in [6.45, 7) is 1.57. The smallest absolute Gasteiger partial charge is 0.333 e. The molecule has 5 rings (SSSR count). The van der Waals surface area contributed by atoms with Crippen LogP contribution in [-0.4, -0.2) is 40.1 Å². The molecule has 0 saturated carbocycles. The maximum absolute atomic E-state index is 14.5. The number of carbonyl (C=O) groups is 2. The highest BCUT2D eigenvalue weighted by Crippen LogP contribution is 2.42. The molecule has 1 aromatic carbocycles. The van der Waals surface area contributed by atoms with Crippen LogP contribution in [-0.2, 0) is 33.7 Å². The molecule has 0 radical (unpaired) electrons. The number of hydrogen-bond acceptors (Lipinski definition) is 5. The quantitative estimate of drug-likeness (QED) is 0.593. The monoisotopic (exact) mass is 394 g/mol. The van der Waals surface area contributed by atoms with E-state index >= 15 is 0 Å². The van der Waals surface area contributed by atoms with Gasteiger partial charge < -0.3 is 14.7 Å². The summed E-state index contributed by atoms with van der Waals surface area (Å²) in [6.07, 6.45) is 5.15. The third-order valence-corrected chi connectivity index (χ3v) is 6.00. The van der Waals surface area contributed by atoms with Gasteiger partial charge in [-0.25, -0.2) is 14.2 Å². The maximum atomic E-state index is 14.5. The molecule has 2 aromatic rings. The fourth-order valence-electron chi connectivity index (χ4n) is 4.60. The van der Waals surface area contributed by atoms with E-state index in [1.807, 2.05) is 0 Å². The van der Waals surface area contributed by atoms with Crippen LogP contribution in [0, 0.1) is 12.7 Å². The number of aliphatic hydroxyl groups is 1. The number of fused-ring (bicyclic) bond motifs is 4. The van der Waals surface area contributed by atoms with E-state index in [0.29, 0.717) is 29.0 Å². The third kappa shape index (κ3) is 2.61. The van der Waals surface area contributed by atoms with E-state index in [9.17, 15) is 19.1 Å². The number of rotatable bonds is 1. The van der Waals surface area contributed by atoms with Crippen molar-refractivity contribution in [1.29, 1.82) is 0 Å². The molecule has 2 aliphatic heterocycles. The van der Waals surface area contributed by atoms with E-state index in [1.165, 1.54) is 23.1 Å². The molecule has 0 fully saturated rings. The molecule has 6 nitrogen and oxygen atoms in total. The summed E-state index contributed by atoms with van der Waals surface area (Å²) in [7, 11) is 0. The van der Waals surface area contributed by atoms with Crippen LogP contribution in [0.15, 0.2) is 23.8 Å². The Bertz CT molecular complexity index is 1170. The molecule has 3 aliphatic rings. The van der Waals surface area contributed by atoms with Crippen molar-refractivity contribution in [2.24, 2.45) is 0 Å². The topological polar surface area (TPSA) is 79.7 Å². The summed E-state index contributed by atoms with van der Waals surface area (Å²) in [5.74, 6) is -1.20. The Kier molecular flexibility index (Phi) is 4.03. The maximum Gasteiger partial charge on any atom is 0.333 e. The average molecular weight is 394 g/mol. The number of hydrogen-bond donors (Lipinski definition) is 1. The standard InChI is InChI=1S/C22H19FN2O4/c1-11-13-3-2-4-14-15-9-25-18(21(15)24-17(20(13)14)7-16(11)23)8-19(27)29-10-12(5-6-26)22(25)28/h5,7-8,26H,2-4,6,9-10H2,1H3/b12-5+,18-8-. The molecule has 0 bridgehead atoms. The average Bonchev–Trinajstić information content (AvgIpc) is 3.06. The van der Waals surface area contributed by atoms with Gasteiger partial charge in [0, 0.05) is 23.1 Å². The molecule has 0 saturated heterocycles. The minimum atomic E-state index is -0.583. The van der Waals surface area contributed by atoms with Crippen molar-refractivity contribution in [1.82, 2.24) is 9.88 Å². The second-order valence-electron chi connectivity index (χ2n) is 7.57. The van der Waals surface area contributed by atoms with Crippen molar-refractivity contribution in [3.8, 4) is 0 Å². The molecule has 7 heteroatoms. The predicted molar refractivity (Wildman–Crippen MR) is 103 cm³/mol. The fraction of sp³-hybridized carbons (Fsp3) is 0.318. The summed E-state index contributed by atoms with van der Waals surface area (Å²) in [4.78, 5) is 31.5. The van der Waals surface area contributed by atoms with Gasteiger partial charge in [-0.1, -0.05) is 0 Å². The van der Waals surface area contributed by atoms with E-state index in [2.05, 4.69) is 4.98 Å². The molecule has 29 heavy (non-hydrogen) atoms. The van der Waals surface area contributed by atoms with Crippen LogP contribution >= 0.6 is 0 Å². The molecule has 3 heterocycles. The zero-order chi connectivity index (χ0) is 20.3. The normalized spacial score (nSPS) is 21.4. The van der Waals surface area contributed by atoms with Gasteiger partial charge in [0.25, 0.3) is 5.91 Å². The Labute approximate surface area is 166 Å². The number of ether oxygens (including phenoxy) is 1. The molecule has 0 unspecified atom stereocenters. The molecule has 148 valence electrons. The Morgan fingerprint density at radius 1 is 1.28 bits per heavy atom. The number of halogens is 1. The first-order valence-corrected chi connectivity index (χ1v) is 9.63. The van der Waals surface area contributed by atoms with E-state index in [1.54, 1.807) is 6.92 Å². The Hall–Kier alpha value is -3.06. The van der Waals surface area contributed by atoms with Gasteiger partial charge >= 0.3 is 5.97 Å². The lowest BCUT2D eigenvalue weighted by Crippen LogP contribution is -2.31. The highest BCUT2D eigenvalue weighted by atomic mass is 19.1. The van der Waals surface area contributed by atoms with Crippen molar-refractivity contribution in [3.63, 3.8) is 0 Å². The number of amides is 1. The molecule has 1 aromatic heterocycles. The van der Waals surface area contributed by atoms with Crippen LogP contribution in [0.2, 0.25) is 0 Å². The highest BCUT2D eigenvalue weighted by molar-refractivity contribution is 6.06. The predicted octanol–water partition coefficient (Wildman–Crippen LogP) is 2.33. The molecule has 0 atom stereocenters. The molecular formula is C22H19FN2O4. The first-order chi connectivity index (χ1) is 14.0. The zero-order valence-corrected chi connectivity index (χ0v) is 15.9. The second-order valence-corrected chi connectivity index (χ2v) is 7.57. The first kappa shape index (κ1) is 18.0. The van der Waals surface area contributed by atoms with Crippen molar-refractivity contribution in [2.75, 3.05) is 13.2 Å². The lowest BCUT2D eigenvalue weighted by atomic mass is 9.85. The van der Waals surface area contributed by atoms with Gasteiger partial charge in [0.2, 0.25) is 0 Å². The number of aromatic nitrogens is 1. The lowest BCUT2D eigenvalue weighted by molar-refractivity contribution is -0.138. The number of esters is 1. The Morgan fingerprint density at radius 2 is 2.07 bits per heavy atom. The Balaban J connectivity index is 1.77. The van der Waals surface area contributed by atoms with Crippen LogP contribution in [0.3, 0.4) is 0 Å². The van der Waals surface area contributed by atoms with Gasteiger partial charge in [0.05, 0.1) is 35.6 Å². The van der Waals surface area contributed by atoms with E-state index < -0.39 is 5.97 Å². The van der Waals surface area contributed by atoms with Gasteiger partial charge in [-0.15, -0.1) is 0 Å². The third-order valence-electron chi connectivity index (χ3n) is 6.00. The minimum absolute atomic E-state index is 0.189. The number of cyclic esters (lactones) is 1. The highest BCUT2D eigenvalue weighted by Gasteiger charge is 2.37. The largest absolute Gasteiger partial charge is 0.457 e. The SMILES string of the molecule is Cc1c(F)cc2nc3c(c4c2c1CCC4)CN1C(=O)/C(=C/CO)COC(=O)/C=C/31. The minimum Gasteiger partial charge on any atom is -0.457 e. The van der Waals surface area contributed by atoms with Crippen LogP contribution in [0.5, 0.6) is 0 Å². The number of aryl methyl sites for hydroxylation is 2. The van der Waals surface area contributed by atoms with Gasteiger partial charge in [0.15, 0.2) is 0 Å². The van der Waals surface area contributed by atoms with E-state index in [-0.39, 0.29) is 30.5 Å². The number of nitrogens with zero attached hydrogens (tertiary/aromatic N) is 2.